The molecule has 2 aromatic carbocycles. The van der Waals surface area contributed by atoms with Crippen LogP contribution in [0.3, 0.4) is 0 Å². The summed E-state index contributed by atoms with van der Waals surface area (Å²) in [6.45, 7) is 5.50. The first kappa shape index (κ1) is 22.3. The minimum absolute atomic E-state index is 0.0546. The van der Waals surface area contributed by atoms with Crippen molar-refractivity contribution in [2.45, 2.75) is 51.7 Å². The smallest absolute Gasteiger partial charge is 0.356 e. The van der Waals surface area contributed by atoms with Crippen LogP contribution in [0.5, 0.6) is 17.2 Å². The molecule has 2 aliphatic heterocycles. The van der Waals surface area contributed by atoms with E-state index >= 15 is 0 Å². The van der Waals surface area contributed by atoms with Gasteiger partial charge in [0.1, 0.15) is 17.4 Å². The maximum absolute atomic E-state index is 13.4. The molecule has 3 atom stereocenters. The van der Waals surface area contributed by atoms with Crippen molar-refractivity contribution in [3.05, 3.63) is 53.1 Å². The topological polar surface area (TPSA) is 108 Å². The van der Waals surface area contributed by atoms with Crippen molar-refractivity contribution >= 4 is 17.9 Å². The number of carbonyl (C=O) groups excluding carboxylic acids is 3. The molecule has 0 amide bonds. The van der Waals surface area contributed by atoms with Crippen molar-refractivity contribution in [2.75, 3.05) is 7.11 Å². The highest BCUT2D eigenvalue weighted by atomic mass is 16.6. The van der Waals surface area contributed by atoms with Crippen LogP contribution in [0.25, 0.3) is 0 Å². The lowest BCUT2D eigenvalue weighted by Crippen LogP contribution is -2.50. The third-order valence-electron chi connectivity index (χ3n) is 8.16. The molecule has 0 radical (unpaired) electrons. The van der Waals surface area contributed by atoms with Gasteiger partial charge in [0.25, 0.3) is 0 Å². The number of hydrogen-bond donors (Lipinski definition) is 1. The molecule has 0 spiro atoms. The Kier molecular flexibility index (Phi) is 4.73. The lowest BCUT2D eigenvalue weighted by atomic mass is 9.66. The van der Waals surface area contributed by atoms with Crippen LogP contribution in [0, 0.1) is 10.8 Å². The van der Waals surface area contributed by atoms with Crippen LogP contribution in [0.1, 0.15) is 61.2 Å². The molecule has 8 heteroatoms. The summed E-state index contributed by atoms with van der Waals surface area (Å²) < 4.78 is 22.1. The second-order valence-corrected chi connectivity index (χ2v) is 9.88. The number of aromatic hydroxyl groups is 1. The summed E-state index contributed by atoms with van der Waals surface area (Å²) in [7, 11) is 1.45. The van der Waals surface area contributed by atoms with Gasteiger partial charge in [-0.1, -0.05) is 32.0 Å². The Morgan fingerprint density at radius 2 is 1.85 bits per heavy atom. The molecule has 2 aromatic rings. The normalized spacial score (nSPS) is 28.6. The maximum atomic E-state index is 13.4. The molecular formula is C26H26O8. The number of rotatable bonds is 4. The van der Waals surface area contributed by atoms with Crippen LogP contribution >= 0.6 is 0 Å². The van der Waals surface area contributed by atoms with Crippen LogP contribution in [0.15, 0.2) is 36.4 Å². The summed E-state index contributed by atoms with van der Waals surface area (Å²) in [5.74, 6) is -1.39. The van der Waals surface area contributed by atoms with Gasteiger partial charge in [-0.3, -0.25) is 4.79 Å². The van der Waals surface area contributed by atoms with E-state index in [1.165, 1.54) is 19.2 Å². The molecule has 8 nitrogen and oxygen atoms in total. The first-order valence-electron chi connectivity index (χ1n) is 11.2. The van der Waals surface area contributed by atoms with Crippen LogP contribution in [-0.4, -0.2) is 35.7 Å². The number of phenolic OH excluding ortho intramolecular Hbond substituents is 1. The van der Waals surface area contributed by atoms with Crippen molar-refractivity contribution in [3.8, 4) is 17.2 Å². The predicted octanol–water partition coefficient (Wildman–Crippen LogP) is 3.88. The zero-order valence-corrected chi connectivity index (χ0v) is 19.5. The molecule has 2 fully saturated rings. The summed E-state index contributed by atoms with van der Waals surface area (Å²) in [5, 5.41) is 10.1. The van der Waals surface area contributed by atoms with E-state index in [2.05, 4.69) is 0 Å². The summed E-state index contributed by atoms with van der Waals surface area (Å²) >= 11 is 0. The van der Waals surface area contributed by atoms with Crippen LogP contribution in [0.4, 0.5) is 0 Å². The number of esters is 3. The highest BCUT2D eigenvalue weighted by molar-refractivity contribution is 5.98. The number of phenols is 1. The third-order valence-corrected chi connectivity index (χ3v) is 8.16. The average Bonchev–Trinajstić information content (AvgIpc) is 3.09. The van der Waals surface area contributed by atoms with Crippen molar-refractivity contribution < 1.29 is 38.4 Å². The summed E-state index contributed by atoms with van der Waals surface area (Å²) in [6.07, 6.45) is 0.608. The lowest BCUT2D eigenvalue weighted by molar-refractivity contribution is -0.176. The van der Waals surface area contributed by atoms with Gasteiger partial charge in [-0.15, -0.1) is 0 Å². The predicted molar refractivity (Wildman–Crippen MR) is 119 cm³/mol. The van der Waals surface area contributed by atoms with Gasteiger partial charge in [-0.25, -0.2) is 9.59 Å². The molecule has 5 rings (SSSR count). The number of methoxy groups -OCH3 is 1. The molecule has 0 aromatic heterocycles. The van der Waals surface area contributed by atoms with Gasteiger partial charge < -0.3 is 24.1 Å². The molecule has 2 heterocycles. The fraction of sp³-hybridized carbons (Fsp3) is 0.423. The summed E-state index contributed by atoms with van der Waals surface area (Å²) in [6, 6.07) is 9.83. The highest BCUT2D eigenvalue weighted by Gasteiger charge is 2.76. The summed E-state index contributed by atoms with van der Waals surface area (Å²) in [4.78, 5) is 38.9. The molecule has 1 aliphatic carbocycles. The number of carbonyl (C=O) groups is 3. The highest BCUT2D eigenvalue weighted by Crippen LogP contribution is 2.65. The molecule has 0 unspecified atom stereocenters. The third kappa shape index (κ3) is 2.80. The van der Waals surface area contributed by atoms with E-state index < -0.39 is 40.4 Å². The van der Waals surface area contributed by atoms with Gasteiger partial charge in [0, 0.05) is 11.8 Å². The van der Waals surface area contributed by atoms with E-state index in [-0.39, 0.29) is 17.1 Å². The van der Waals surface area contributed by atoms with Gasteiger partial charge >= 0.3 is 17.9 Å². The van der Waals surface area contributed by atoms with Crippen LogP contribution < -0.4 is 9.47 Å². The largest absolute Gasteiger partial charge is 0.504 e. The maximum Gasteiger partial charge on any atom is 0.356 e. The van der Waals surface area contributed by atoms with E-state index in [1.54, 1.807) is 24.3 Å². The Morgan fingerprint density at radius 3 is 2.47 bits per heavy atom. The number of ether oxygens (including phenoxy) is 4. The minimum Gasteiger partial charge on any atom is -0.504 e. The monoisotopic (exact) mass is 466 g/mol. The van der Waals surface area contributed by atoms with E-state index in [1.807, 2.05) is 20.8 Å². The Bertz CT molecular complexity index is 1230. The van der Waals surface area contributed by atoms with Crippen molar-refractivity contribution in [1.82, 2.24) is 0 Å². The Hall–Kier alpha value is -3.55. The number of hydrogen-bond acceptors (Lipinski definition) is 8. The molecule has 3 aliphatic rings. The molecule has 1 saturated heterocycles. The van der Waals surface area contributed by atoms with Gasteiger partial charge in [0.05, 0.1) is 12.5 Å². The van der Waals surface area contributed by atoms with E-state index in [0.717, 1.165) is 0 Å². The van der Waals surface area contributed by atoms with Crippen LogP contribution in [0.2, 0.25) is 0 Å². The fourth-order valence-electron chi connectivity index (χ4n) is 5.47. The van der Waals surface area contributed by atoms with Gasteiger partial charge in [0.15, 0.2) is 11.5 Å². The van der Waals surface area contributed by atoms with Gasteiger partial charge in [-0.05, 0) is 49.1 Å². The number of benzene rings is 2. The second kappa shape index (κ2) is 7.22. The van der Waals surface area contributed by atoms with E-state index in [9.17, 15) is 19.5 Å². The van der Waals surface area contributed by atoms with Gasteiger partial charge in [0.2, 0.25) is 5.60 Å². The molecule has 178 valence electrons. The molecule has 1 saturated carbocycles. The van der Waals surface area contributed by atoms with Crippen molar-refractivity contribution in [3.63, 3.8) is 0 Å². The SMILES string of the molecule is COc1ccc([C@H]2Cc3cccc(OC(=O)[C@]45CC[C@](C)(C(=O)O4)C5(C)C)c3C(=O)O2)cc1O. The minimum atomic E-state index is -1.40. The quantitative estimate of drug-likeness (QED) is 0.534. The van der Waals surface area contributed by atoms with Crippen molar-refractivity contribution in [2.24, 2.45) is 10.8 Å². The zero-order chi connectivity index (χ0) is 24.5. The van der Waals surface area contributed by atoms with Crippen LogP contribution in [-0.2, 0) is 25.5 Å². The van der Waals surface area contributed by atoms with Crippen molar-refractivity contribution in [1.29, 1.82) is 0 Å². The molecule has 1 N–H and O–H groups in total. The molecule has 34 heavy (non-hydrogen) atoms. The first-order chi connectivity index (χ1) is 16.0. The lowest BCUT2D eigenvalue weighted by Gasteiger charge is -2.34. The number of cyclic esters (lactones) is 1. The average molecular weight is 466 g/mol. The summed E-state index contributed by atoms with van der Waals surface area (Å²) in [5.41, 5.74) is -1.49. The Labute approximate surface area is 196 Å². The first-order valence-corrected chi connectivity index (χ1v) is 11.2. The zero-order valence-electron chi connectivity index (χ0n) is 19.5. The van der Waals surface area contributed by atoms with E-state index in [0.29, 0.717) is 36.1 Å². The van der Waals surface area contributed by atoms with Gasteiger partial charge in [-0.2, -0.15) is 0 Å². The van der Waals surface area contributed by atoms with E-state index in [4.69, 9.17) is 18.9 Å². The standard InChI is InChI=1S/C26H26O8/c1-24(2)25(3)10-11-26(24,34-22(25)29)23(30)33-18-7-5-6-15-13-19(32-21(28)20(15)18)14-8-9-17(31-4)16(27)12-14/h5-9,12,19,27H,10-11,13H2,1-4H3/t19-,25-,26+/m1/s1. The number of fused-ring (bicyclic) bond motifs is 3. The molecular weight excluding hydrogens is 440 g/mol. The Balaban J connectivity index is 1.43. The fourth-order valence-corrected chi connectivity index (χ4v) is 5.47. The second-order valence-electron chi connectivity index (χ2n) is 9.88. The molecule has 2 bridgehead atoms. The Morgan fingerprint density at radius 1 is 1.09 bits per heavy atom.